The Hall–Kier alpha value is -3.03. The van der Waals surface area contributed by atoms with Crippen LogP contribution in [0.2, 0.25) is 0 Å². The summed E-state index contributed by atoms with van der Waals surface area (Å²) in [5.41, 5.74) is 7.26. The highest BCUT2D eigenvalue weighted by Gasteiger charge is 2.44. The van der Waals surface area contributed by atoms with Crippen molar-refractivity contribution in [3.8, 4) is 23.6 Å². The van der Waals surface area contributed by atoms with Gasteiger partial charge in [0.15, 0.2) is 0 Å². The number of nitrogens with zero attached hydrogens (tertiary/aromatic N) is 5. The summed E-state index contributed by atoms with van der Waals surface area (Å²) in [7, 11) is 0. The molecule has 0 spiro atoms. The van der Waals surface area contributed by atoms with Gasteiger partial charge in [0.2, 0.25) is 11.7 Å². The predicted molar refractivity (Wildman–Crippen MR) is 112 cm³/mol. The lowest BCUT2D eigenvalue weighted by Crippen LogP contribution is -2.29. The van der Waals surface area contributed by atoms with Crippen molar-refractivity contribution < 1.29 is 14.4 Å². The molecule has 0 saturated heterocycles. The quantitative estimate of drug-likeness (QED) is 0.593. The minimum atomic E-state index is -0.580. The van der Waals surface area contributed by atoms with E-state index in [1.165, 1.54) is 11.3 Å². The van der Waals surface area contributed by atoms with Crippen LogP contribution in [0.1, 0.15) is 54.5 Å². The van der Waals surface area contributed by atoms with Gasteiger partial charge in [0.1, 0.15) is 16.8 Å². The summed E-state index contributed by atoms with van der Waals surface area (Å²) in [5.74, 6) is 0.775. The van der Waals surface area contributed by atoms with Crippen molar-refractivity contribution in [3.63, 3.8) is 0 Å². The molecular weight excluding hydrogens is 416 g/mol. The normalized spacial score (nSPS) is 21.3. The van der Waals surface area contributed by atoms with Crippen molar-refractivity contribution in [2.24, 2.45) is 5.41 Å². The van der Waals surface area contributed by atoms with Crippen molar-refractivity contribution in [1.29, 1.82) is 5.26 Å². The van der Waals surface area contributed by atoms with E-state index in [0.29, 0.717) is 34.6 Å². The number of ether oxygens (including phenoxy) is 1. The zero-order chi connectivity index (χ0) is 21.6. The Balaban J connectivity index is 1.44. The van der Waals surface area contributed by atoms with Gasteiger partial charge in [0.25, 0.3) is 0 Å². The lowest BCUT2D eigenvalue weighted by atomic mass is 9.72. The van der Waals surface area contributed by atoms with Crippen LogP contribution in [0.3, 0.4) is 0 Å². The lowest BCUT2D eigenvalue weighted by molar-refractivity contribution is 0.140. The number of nitriles is 1. The number of anilines is 1. The first-order chi connectivity index (χ1) is 15.0. The third-order valence-electron chi connectivity index (χ3n) is 6.31. The molecule has 9 nitrogen and oxygen atoms in total. The Kier molecular flexibility index (Phi) is 4.68. The first-order valence-electron chi connectivity index (χ1n) is 10.2. The van der Waals surface area contributed by atoms with E-state index in [4.69, 9.17) is 15.0 Å². The van der Waals surface area contributed by atoms with E-state index in [-0.39, 0.29) is 18.0 Å². The number of aliphatic hydroxyl groups is 1. The van der Waals surface area contributed by atoms with Crippen molar-refractivity contribution in [1.82, 2.24) is 20.1 Å². The third-order valence-corrected chi connectivity index (χ3v) is 7.39. The van der Waals surface area contributed by atoms with Crippen molar-refractivity contribution in [2.45, 2.75) is 44.4 Å². The number of fused-ring (bicyclic) bond motifs is 1. The monoisotopic (exact) mass is 438 g/mol. The van der Waals surface area contributed by atoms with Crippen LogP contribution in [0, 0.1) is 16.7 Å². The van der Waals surface area contributed by atoms with Gasteiger partial charge in [0, 0.05) is 22.1 Å². The van der Waals surface area contributed by atoms with E-state index >= 15 is 0 Å². The van der Waals surface area contributed by atoms with E-state index < -0.39 is 5.41 Å². The third kappa shape index (κ3) is 3.34. The molecule has 3 aromatic rings. The highest BCUT2D eigenvalue weighted by Crippen LogP contribution is 2.48. The van der Waals surface area contributed by atoms with Crippen LogP contribution in [-0.2, 0) is 11.8 Å². The van der Waals surface area contributed by atoms with Crippen molar-refractivity contribution in [3.05, 3.63) is 34.2 Å². The molecule has 0 bridgehead atoms. The largest absolute Gasteiger partial charge is 0.463 e. The molecule has 0 unspecified atom stereocenters. The summed E-state index contributed by atoms with van der Waals surface area (Å²) in [6.45, 7) is 2.49. The van der Waals surface area contributed by atoms with E-state index in [2.05, 4.69) is 26.2 Å². The molecule has 10 heteroatoms. The summed E-state index contributed by atoms with van der Waals surface area (Å²) < 4.78 is 11.4. The fourth-order valence-electron chi connectivity index (χ4n) is 4.14. The molecule has 1 saturated carbocycles. The summed E-state index contributed by atoms with van der Waals surface area (Å²) in [6.07, 6.45) is 6.09. The summed E-state index contributed by atoms with van der Waals surface area (Å²) >= 11 is 1.47. The molecular formula is C21H22N6O3S. The maximum atomic E-state index is 9.65. The average Bonchev–Trinajstić information content (AvgIpc) is 3.23. The Morgan fingerprint density at radius 1 is 1.35 bits per heavy atom. The fraction of sp³-hybridized carbons (Fsp3) is 0.476. The van der Waals surface area contributed by atoms with E-state index in [1.54, 1.807) is 12.3 Å². The molecule has 1 atom stereocenters. The molecule has 160 valence electrons. The van der Waals surface area contributed by atoms with Crippen molar-refractivity contribution >= 4 is 16.3 Å². The van der Waals surface area contributed by atoms with Crippen LogP contribution in [0.25, 0.3) is 11.5 Å². The zero-order valence-electron chi connectivity index (χ0n) is 17.1. The minimum Gasteiger partial charge on any atom is -0.463 e. The lowest BCUT2D eigenvalue weighted by Gasteiger charge is -2.30. The first-order valence-corrected chi connectivity index (χ1v) is 11.0. The molecule has 0 aliphatic heterocycles. The topological polar surface area (TPSA) is 144 Å². The number of thiophene rings is 1. The molecule has 5 rings (SSSR count). The second-order valence-corrected chi connectivity index (χ2v) is 9.67. The van der Waals surface area contributed by atoms with Gasteiger partial charge in [0.05, 0.1) is 24.2 Å². The molecule has 0 amide bonds. The van der Waals surface area contributed by atoms with Gasteiger partial charge in [-0.3, -0.25) is 0 Å². The zero-order valence-corrected chi connectivity index (χ0v) is 17.9. The number of nitrogens with two attached hydrogens (primary N) is 1. The van der Waals surface area contributed by atoms with Crippen LogP contribution < -0.4 is 10.5 Å². The summed E-state index contributed by atoms with van der Waals surface area (Å²) in [6, 6.07) is 4.16. The Morgan fingerprint density at radius 3 is 2.94 bits per heavy atom. The van der Waals surface area contributed by atoms with Gasteiger partial charge in [-0.1, -0.05) is 5.16 Å². The SMILES string of the molecule is C[C@]1(c2nc(-c3ccnc(OCC4(CO)CC4)n3)no2)CCCc2sc(N)c(C#N)c21. The van der Waals surface area contributed by atoms with Crippen LogP contribution in [0.4, 0.5) is 5.00 Å². The van der Waals surface area contributed by atoms with Crippen LogP contribution >= 0.6 is 11.3 Å². The van der Waals surface area contributed by atoms with E-state index in [9.17, 15) is 10.4 Å². The number of hydrogen-bond acceptors (Lipinski definition) is 10. The number of hydrogen-bond donors (Lipinski definition) is 2. The van der Waals surface area contributed by atoms with Gasteiger partial charge >= 0.3 is 6.01 Å². The average molecular weight is 439 g/mol. The standard InChI is InChI=1S/C21H22N6O3S/c1-20(5-2-3-14-15(20)12(9-22)16(23)31-14)18-26-17(27-30-18)13-4-8-24-19(25-13)29-11-21(10-28)6-7-21/h4,8,28H,2-3,5-7,10-11,23H2,1H3/t20-/m0/s1. The van der Waals surface area contributed by atoms with Gasteiger partial charge in [-0.25, -0.2) is 4.98 Å². The van der Waals surface area contributed by atoms with E-state index in [0.717, 1.165) is 42.5 Å². The number of rotatable bonds is 6. The highest BCUT2D eigenvalue weighted by atomic mass is 32.1. The highest BCUT2D eigenvalue weighted by molar-refractivity contribution is 7.16. The number of aryl methyl sites for hydroxylation is 1. The number of aromatic nitrogens is 4. The molecule has 0 radical (unpaired) electrons. The molecule has 1 fully saturated rings. The van der Waals surface area contributed by atoms with Crippen molar-refractivity contribution in [2.75, 3.05) is 18.9 Å². The predicted octanol–water partition coefficient (Wildman–Crippen LogP) is 2.84. The molecule has 2 aliphatic carbocycles. The second kappa shape index (κ2) is 7.28. The van der Waals surface area contributed by atoms with Crippen LogP contribution in [0.5, 0.6) is 6.01 Å². The van der Waals surface area contributed by atoms with E-state index in [1.807, 2.05) is 6.92 Å². The van der Waals surface area contributed by atoms with Crippen LogP contribution in [-0.4, -0.2) is 38.4 Å². The van der Waals surface area contributed by atoms with Crippen LogP contribution in [0.15, 0.2) is 16.8 Å². The fourth-order valence-corrected chi connectivity index (χ4v) is 5.33. The van der Waals surface area contributed by atoms with Gasteiger partial charge in [-0.15, -0.1) is 11.3 Å². The van der Waals surface area contributed by atoms with Gasteiger partial charge in [-0.2, -0.15) is 15.2 Å². The second-order valence-electron chi connectivity index (χ2n) is 8.53. The Morgan fingerprint density at radius 2 is 2.19 bits per heavy atom. The number of nitrogen functional groups attached to an aromatic ring is 1. The molecule has 3 aromatic heterocycles. The maximum Gasteiger partial charge on any atom is 0.317 e. The molecule has 3 heterocycles. The molecule has 0 aromatic carbocycles. The molecule has 31 heavy (non-hydrogen) atoms. The first kappa shape index (κ1) is 19.9. The Bertz CT molecular complexity index is 1180. The summed E-state index contributed by atoms with van der Waals surface area (Å²) in [4.78, 5) is 14.3. The van der Waals surface area contributed by atoms with Gasteiger partial charge in [-0.05, 0) is 45.1 Å². The molecule has 3 N–H and O–H groups in total. The molecule has 2 aliphatic rings. The van der Waals surface area contributed by atoms with Gasteiger partial charge < -0.3 is 20.1 Å². The maximum absolute atomic E-state index is 9.65. The summed E-state index contributed by atoms with van der Waals surface area (Å²) in [5, 5.41) is 23.8. The smallest absolute Gasteiger partial charge is 0.317 e. The minimum absolute atomic E-state index is 0.0965. The Labute approximate surface area is 182 Å². The number of aliphatic hydroxyl groups excluding tert-OH is 1.